The normalized spacial score (nSPS) is 11.6. The lowest BCUT2D eigenvalue weighted by Gasteiger charge is -2.14. The number of rotatable bonds is 4. The summed E-state index contributed by atoms with van der Waals surface area (Å²) in [4.78, 5) is 14.8. The average molecular weight is 576 g/mol. The fraction of sp³-hybridized carbons (Fsp3) is 0. The average Bonchev–Trinajstić information content (AvgIpc) is 3.49. The maximum absolute atomic E-state index is 6.14. The van der Waals surface area contributed by atoms with E-state index in [0.29, 0.717) is 5.82 Å². The van der Waals surface area contributed by atoms with Gasteiger partial charge in [0.05, 0.1) is 11.4 Å². The Morgan fingerprint density at radius 2 is 1.16 bits per heavy atom. The SMILES string of the molecule is c1cncc(-c2cccc(-c3nc(-c4ccc5oc6ccccc6c5c4)cc(-c4cc5ccccc5c5ccccc45)n3)c2)c1. The van der Waals surface area contributed by atoms with E-state index in [1.54, 1.807) is 6.20 Å². The number of fused-ring (bicyclic) bond motifs is 6. The highest BCUT2D eigenvalue weighted by molar-refractivity contribution is 6.13. The Hall–Kier alpha value is -6.13. The van der Waals surface area contributed by atoms with Gasteiger partial charge in [-0.2, -0.15) is 0 Å². The van der Waals surface area contributed by atoms with Gasteiger partial charge in [-0.15, -0.1) is 0 Å². The third-order valence-corrected chi connectivity index (χ3v) is 8.56. The van der Waals surface area contributed by atoms with Crippen molar-refractivity contribution in [2.75, 3.05) is 0 Å². The summed E-state index contributed by atoms with van der Waals surface area (Å²) in [6.45, 7) is 0. The zero-order valence-electron chi connectivity index (χ0n) is 24.2. The lowest BCUT2D eigenvalue weighted by molar-refractivity contribution is 0.669. The molecular formula is C41H25N3O. The molecule has 3 heterocycles. The number of nitrogens with zero attached hydrogens (tertiary/aromatic N) is 3. The fourth-order valence-corrected chi connectivity index (χ4v) is 6.39. The van der Waals surface area contributed by atoms with Crippen molar-refractivity contribution >= 4 is 43.5 Å². The highest BCUT2D eigenvalue weighted by Gasteiger charge is 2.16. The van der Waals surface area contributed by atoms with E-state index < -0.39 is 0 Å². The van der Waals surface area contributed by atoms with Crippen molar-refractivity contribution in [3.05, 3.63) is 152 Å². The first-order valence-corrected chi connectivity index (χ1v) is 15.0. The predicted molar refractivity (Wildman–Crippen MR) is 184 cm³/mol. The molecule has 6 aromatic carbocycles. The summed E-state index contributed by atoms with van der Waals surface area (Å²) in [5.41, 5.74) is 8.61. The van der Waals surface area contributed by atoms with Crippen LogP contribution in [0.4, 0.5) is 0 Å². The Morgan fingerprint density at radius 1 is 0.422 bits per heavy atom. The van der Waals surface area contributed by atoms with Gasteiger partial charge in [-0.1, -0.05) is 91.0 Å². The highest BCUT2D eigenvalue weighted by atomic mass is 16.3. The molecule has 0 saturated heterocycles. The quantitative estimate of drug-likeness (QED) is 0.196. The molecule has 0 atom stereocenters. The molecular weight excluding hydrogens is 550 g/mol. The van der Waals surface area contributed by atoms with Crippen LogP contribution in [-0.2, 0) is 0 Å². The first-order valence-electron chi connectivity index (χ1n) is 15.0. The summed E-state index contributed by atoms with van der Waals surface area (Å²) in [6, 6.07) is 48.4. The van der Waals surface area contributed by atoms with Gasteiger partial charge in [0.1, 0.15) is 11.2 Å². The molecule has 4 heteroatoms. The maximum atomic E-state index is 6.14. The second kappa shape index (κ2) is 10.2. The monoisotopic (exact) mass is 575 g/mol. The summed E-state index contributed by atoms with van der Waals surface area (Å²) < 4.78 is 6.14. The Bertz CT molecular complexity index is 2550. The number of hydrogen-bond donors (Lipinski definition) is 0. The Kier molecular flexibility index (Phi) is 5.78. The van der Waals surface area contributed by atoms with Crippen molar-refractivity contribution < 1.29 is 4.42 Å². The van der Waals surface area contributed by atoms with E-state index in [2.05, 4.69) is 114 Å². The van der Waals surface area contributed by atoms with Crippen LogP contribution in [0.15, 0.2) is 156 Å². The molecule has 45 heavy (non-hydrogen) atoms. The fourth-order valence-electron chi connectivity index (χ4n) is 6.39. The topological polar surface area (TPSA) is 51.8 Å². The van der Waals surface area contributed by atoms with Crippen molar-refractivity contribution in [3.63, 3.8) is 0 Å². The van der Waals surface area contributed by atoms with Crippen molar-refractivity contribution in [1.29, 1.82) is 0 Å². The first kappa shape index (κ1) is 25.4. The molecule has 0 aliphatic rings. The molecule has 0 N–H and O–H groups in total. The Balaban J connectivity index is 1.30. The largest absolute Gasteiger partial charge is 0.456 e. The second-order valence-electron chi connectivity index (χ2n) is 11.3. The lowest BCUT2D eigenvalue weighted by Crippen LogP contribution is -1.97. The molecule has 0 unspecified atom stereocenters. The van der Waals surface area contributed by atoms with Crippen LogP contribution < -0.4 is 0 Å². The molecule has 0 fully saturated rings. The molecule has 0 bridgehead atoms. The zero-order valence-corrected chi connectivity index (χ0v) is 24.2. The molecule has 0 saturated carbocycles. The van der Waals surface area contributed by atoms with Crippen LogP contribution in [0, 0.1) is 0 Å². The summed E-state index contributed by atoms with van der Waals surface area (Å²) in [6.07, 6.45) is 3.67. The number of para-hydroxylation sites is 1. The van der Waals surface area contributed by atoms with Crippen molar-refractivity contribution in [3.8, 4) is 45.0 Å². The summed E-state index contributed by atoms with van der Waals surface area (Å²) in [7, 11) is 0. The highest BCUT2D eigenvalue weighted by Crippen LogP contribution is 2.38. The van der Waals surface area contributed by atoms with Crippen molar-refractivity contribution in [2.24, 2.45) is 0 Å². The van der Waals surface area contributed by atoms with Gasteiger partial charge in [-0.3, -0.25) is 4.98 Å². The van der Waals surface area contributed by atoms with Gasteiger partial charge in [-0.05, 0) is 75.6 Å². The summed E-state index contributed by atoms with van der Waals surface area (Å²) in [5, 5.41) is 6.93. The van der Waals surface area contributed by atoms with Crippen LogP contribution in [-0.4, -0.2) is 15.0 Å². The number of hydrogen-bond acceptors (Lipinski definition) is 4. The van der Waals surface area contributed by atoms with Crippen LogP contribution >= 0.6 is 0 Å². The minimum Gasteiger partial charge on any atom is -0.456 e. The van der Waals surface area contributed by atoms with E-state index in [9.17, 15) is 0 Å². The van der Waals surface area contributed by atoms with Gasteiger partial charge in [0.25, 0.3) is 0 Å². The zero-order chi connectivity index (χ0) is 29.7. The summed E-state index contributed by atoms with van der Waals surface area (Å²) in [5.74, 6) is 0.669. The first-order chi connectivity index (χ1) is 22.3. The van der Waals surface area contributed by atoms with Gasteiger partial charge in [0, 0.05) is 45.4 Å². The number of benzene rings is 6. The smallest absolute Gasteiger partial charge is 0.160 e. The van der Waals surface area contributed by atoms with Crippen LogP contribution in [0.1, 0.15) is 0 Å². The second-order valence-corrected chi connectivity index (χ2v) is 11.3. The molecule has 0 amide bonds. The van der Waals surface area contributed by atoms with Gasteiger partial charge < -0.3 is 4.42 Å². The third-order valence-electron chi connectivity index (χ3n) is 8.56. The molecule has 9 rings (SSSR count). The van der Waals surface area contributed by atoms with Gasteiger partial charge in [0.15, 0.2) is 5.82 Å². The minimum atomic E-state index is 0.669. The molecule has 0 spiro atoms. The third kappa shape index (κ3) is 4.35. The molecule has 0 radical (unpaired) electrons. The molecule has 9 aromatic rings. The van der Waals surface area contributed by atoms with Crippen molar-refractivity contribution in [1.82, 2.24) is 15.0 Å². The molecule has 0 aliphatic heterocycles. The van der Waals surface area contributed by atoms with Gasteiger partial charge in [-0.25, -0.2) is 9.97 Å². The number of aromatic nitrogens is 3. The van der Waals surface area contributed by atoms with Gasteiger partial charge in [0.2, 0.25) is 0 Å². The van der Waals surface area contributed by atoms with Crippen LogP contribution in [0.5, 0.6) is 0 Å². The minimum absolute atomic E-state index is 0.669. The lowest BCUT2D eigenvalue weighted by atomic mass is 9.95. The van der Waals surface area contributed by atoms with E-state index in [0.717, 1.165) is 66.5 Å². The predicted octanol–water partition coefficient (Wildman–Crippen LogP) is 10.7. The number of pyridine rings is 1. The van der Waals surface area contributed by atoms with E-state index in [4.69, 9.17) is 14.4 Å². The molecule has 0 aliphatic carbocycles. The van der Waals surface area contributed by atoms with Crippen LogP contribution in [0.3, 0.4) is 0 Å². The van der Waals surface area contributed by atoms with Crippen LogP contribution in [0.2, 0.25) is 0 Å². The summed E-state index contributed by atoms with van der Waals surface area (Å²) >= 11 is 0. The molecule has 210 valence electrons. The van der Waals surface area contributed by atoms with E-state index in [-0.39, 0.29) is 0 Å². The van der Waals surface area contributed by atoms with E-state index in [1.165, 1.54) is 16.2 Å². The molecule has 4 nitrogen and oxygen atoms in total. The van der Waals surface area contributed by atoms with E-state index >= 15 is 0 Å². The Labute approximate surface area is 259 Å². The molecule has 3 aromatic heterocycles. The maximum Gasteiger partial charge on any atom is 0.160 e. The van der Waals surface area contributed by atoms with Gasteiger partial charge >= 0.3 is 0 Å². The van der Waals surface area contributed by atoms with Crippen LogP contribution in [0.25, 0.3) is 88.5 Å². The standard InChI is InChI=1S/C41H25N3O/c1-2-13-31-27(9-1)22-35(33-15-4-3-14-32(31)33)38-24-37(28-18-19-40-36(23-28)34-16-5-6-17-39(34)45-40)43-41(44-38)29-11-7-10-26(21-29)30-12-8-20-42-25-30/h1-25H. The van der Waals surface area contributed by atoms with Crippen molar-refractivity contribution in [2.45, 2.75) is 0 Å². The number of furan rings is 1. The Morgan fingerprint density at radius 3 is 2.04 bits per heavy atom. The van der Waals surface area contributed by atoms with E-state index in [1.807, 2.05) is 36.5 Å².